The lowest BCUT2D eigenvalue weighted by Crippen LogP contribution is -2.52. The van der Waals surface area contributed by atoms with E-state index in [4.69, 9.17) is 5.26 Å². The lowest BCUT2D eigenvalue weighted by Gasteiger charge is -2.37. The largest absolute Gasteiger partial charge is 0.416 e. The Morgan fingerprint density at radius 2 is 1.83 bits per heavy atom. The van der Waals surface area contributed by atoms with Crippen LogP contribution in [0, 0.1) is 11.3 Å². The second kappa shape index (κ2) is 9.28. The molecule has 0 bridgehead atoms. The molecule has 5 nitrogen and oxygen atoms in total. The first-order valence-electron chi connectivity index (χ1n) is 9.70. The number of nitrogens with one attached hydrogen (secondary N) is 1. The maximum absolute atomic E-state index is 12.9. The molecule has 0 saturated carbocycles. The Hall–Kier alpha value is -2.89. The van der Waals surface area contributed by atoms with Gasteiger partial charge in [0, 0.05) is 38.4 Å². The van der Waals surface area contributed by atoms with Gasteiger partial charge in [0.25, 0.3) is 0 Å². The number of benzene rings is 2. The minimum absolute atomic E-state index is 0.156. The van der Waals surface area contributed by atoms with Crippen molar-refractivity contribution in [3.63, 3.8) is 0 Å². The Kier molecular flexibility index (Phi) is 6.75. The number of carbonyl (C=O) groups excluding carboxylic acids is 1. The summed E-state index contributed by atoms with van der Waals surface area (Å²) in [5, 5.41) is 11.8. The zero-order valence-electron chi connectivity index (χ0n) is 16.6. The van der Waals surface area contributed by atoms with Crippen LogP contribution >= 0.6 is 0 Å². The highest BCUT2D eigenvalue weighted by molar-refractivity contribution is 5.94. The number of halogens is 3. The van der Waals surface area contributed by atoms with Crippen molar-refractivity contribution < 1.29 is 18.0 Å². The van der Waals surface area contributed by atoms with Crippen LogP contribution in [-0.2, 0) is 17.5 Å². The molecule has 1 amide bonds. The number of rotatable bonds is 5. The molecule has 1 fully saturated rings. The lowest BCUT2D eigenvalue weighted by atomic mass is 10.1. The SMILES string of the molecule is C[C@H](C(=O)Nc1cccc(C#N)c1)N1CCN(Cc2cccc(C(F)(F)F)c2)CC1. The zero-order chi connectivity index (χ0) is 21.7. The van der Waals surface area contributed by atoms with E-state index in [2.05, 4.69) is 10.2 Å². The van der Waals surface area contributed by atoms with Gasteiger partial charge in [0.15, 0.2) is 0 Å². The van der Waals surface area contributed by atoms with Gasteiger partial charge in [-0.3, -0.25) is 14.6 Å². The van der Waals surface area contributed by atoms with Crippen LogP contribution in [0.1, 0.15) is 23.6 Å². The van der Waals surface area contributed by atoms with Gasteiger partial charge in [0.05, 0.1) is 23.2 Å². The number of hydrogen-bond donors (Lipinski definition) is 1. The molecule has 8 heteroatoms. The molecule has 1 aliphatic heterocycles. The Morgan fingerprint density at radius 1 is 1.13 bits per heavy atom. The van der Waals surface area contributed by atoms with Crippen molar-refractivity contribution >= 4 is 11.6 Å². The normalized spacial score (nSPS) is 16.6. The number of hydrogen-bond acceptors (Lipinski definition) is 4. The third-order valence-electron chi connectivity index (χ3n) is 5.25. The van der Waals surface area contributed by atoms with Crippen molar-refractivity contribution in [1.29, 1.82) is 5.26 Å². The standard InChI is InChI=1S/C22H23F3N4O/c1-16(21(30)27-20-7-3-4-17(13-20)14-26)29-10-8-28(9-11-29)15-18-5-2-6-19(12-18)22(23,24)25/h2-7,12-13,16H,8-11,15H2,1H3,(H,27,30)/t16-/m1/s1. The minimum atomic E-state index is -4.34. The number of alkyl halides is 3. The molecule has 1 N–H and O–H groups in total. The van der Waals surface area contributed by atoms with E-state index in [1.165, 1.54) is 12.1 Å². The van der Waals surface area contributed by atoms with Crippen LogP contribution in [0.5, 0.6) is 0 Å². The first-order chi connectivity index (χ1) is 14.3. The molecule has 2 aromatic rings. The summed E-state index contributed by atoms with van der Waals surface area (Å²) in [6, 6.07) is 13.8. The van der Waals surface area contributed by atoms with E-state index in [0.717, 1.165) is 6.07 Å². The van der Waals surface area contributed by atoms with E-state index < -0.39 is 11.7 Å². The van der Waals surface area contributed by atoms with E-state index in [1.54, 1.807) is 30.3 Å². The van der Waals surface area contributed by atoms with Gasteiger partial charge in [-0.15, -0.1) is 0 Å². The van der Waals surface area contributed by atoms with Crippen molar-refractivity contribution in [2.24, 2.45) is 0 Å². The molecule has 1 heterocycles. The van der Waals surface area contributed by atoms with Crippen molar-refractivity contribution in [2.45, 2.75) is 25.7 Å². The fourth-order valence-corrected chi connectivity index (χ4v) is 3.49. The summed E-state index contributed by atoms with van der Waals surface area (Å²) >= 11 is 0. The third-order valence-corrected chi connectivity index (χ3v) is 5.25. The Balaban J connectivity index is 1.52. The molecule has 0 unspecified atom stereocenters. The molecule has 0 aromatic heterocycles. The molecule has 0 aliphatic carbocycles. The second-order valence-corrected chi connectivity index (χ2v) is 7.37. The van der Waals surface area contributed by atoms with Crippen LogP contribution in [0.2, 0.25) is 0 Å². The predicted molar refractivity (Wildman–Crippen MR) is 108 cm³/mol. The van der Waals surface area contributed by atoms with Gasteiger partial charge >= 0.3 is 6.18 Å². The van der Waals surface area contributed by atoms with E-state index in [-0.39, 0.29) is 11.9 Å². The summed E-state index contributed by atoms with van der Waals surface area (Å²) in [4.78, 5) is 16.7. The Labute approximate surface area is 173 Å². The highest BCUT2D eigenvalue weighted by Gasteiger charge is 2.31. The highest BCUT2D eigenvalue weighted by atomic mass is 19.4. The molecule has 3 rings (SSSR count). The summed E-state index contributed by atoms with van der Waals surface area (Å²) in [6.45, 7) is 4.89. The van der Waals surface area contributed by atoms with Crippen molar-refractivity contribution in [2.75, 3.05) is 31.5 Å². The number of piperazine rings is 1. The van der Waals surface area contributed by atoms with E-state index in [1.807, 2.05) is 17.9 Å². The van der Waals surface area contributed by atoms with Gasteiger partial charge < -0.3 is 5.32 Å². The van der Waals surface area contributed by atoms with Gasteiger partial charge in [-0.05, 0) is 36.8 Å². The average molecular weight is 416 g/mol. The number of nitrogens with zero attached hydrogens (tertiary/aromatic N) is 3. The summed E-state index contributed by atoms with van der Waals surface area (Å²) in [6.07, 6.45) is -4.34. The van der Waals surface area contributed by atoms with Crippen LogP contribution < -0.4 is 5.32 Å². The molecule has 1 atom stereocenters. The summed E-state index contributed by atoms with van der Waals surface area (Å²) < 4.78 is 38.7. The van der Waals surface area contributed by atoms with Crippen molar-refractivity contribution in [1.82, 2.24) is 9.80 Å². The smallest absolute Gasteiger partial charge is 0.325 e. The average Bonchev–Trinajstić information content (AvgIpc) is 2.73. The fourth-order valence-electron chi connectivity index (χ4n) is 3.49. The van der Waals surface area contributed by atoms with Crippen LogP contribution in [0.3, 0.4) is 0 Å². The maximum Gasteiger partial charge on any atom is 0.416 e. The second-order valence-electron chi connectivity index (χ2n) is 7.37. The maximum atomic E-state index is 12.9. The minimum Gasteiger partial charge on any atom is -0.325 e. The monoisotopic (exact) mass is 416 g/mol. The number of nitriles is 1. The summed E-state index contributed by atoms with van der Waals surface area (Å²) in [7, 11) is 0. The number of amides is 1. The van der Waals surface area contributed by atoms with Gasteiger partial charge in [-0.25, -0.2) is 0 Å². The zero-order valence-corrected chi connectivity index (χ0v) is 16.6. The third kappa shape index (κ3) is 5.59. The van der Waals surface area contributed by atoms with Crippen molar-refractivity contribution in [3.8, 4) is 6.07 Å². The molecule has 0 radical (unpaired) electrons. The summed E-state index contributed by atoms with van der Waals surface area (Å²) in [5.74, 6) is -0.156. The van der Waals surface area contributed by atoms with Gasteiger partial charge in [-0.1, -0.05) is 24.3 Å². The van der Waals surface area contributed by atoms with Crippen LogP contribution in [0.15, 0.2) is 48.5 Å². The molecule has 1 aliphatic rings. The van der Waals surface area contributed by atoms with E-state index >= 15 is 0 Å². The lowest BCUT2D eigenvalue weighted by molar-refractivity contribution is -0.137. The molecule has 0 spiro atoms. The summed E-state index contributed by atoms with van der Waals surface area (Å²) in [5.41, 5.74) is 1.04. The highest BCUT2D eigenvalue weighted by Crippen LogP contribution is 2.29. The van der Waals surface area contributed by atoms with Gasteiger partial charge in [-0.2, -0.15) is 18.4 Å². The number of carbonyl (C=O) groups is 1. The molecule has 30 heavy (non-hydrogen) atoms. The predicted octanol–water partition coefficient (Wildman–Crippen LogP) is 3.72. The van der Waals surface area contributed by atoms with Crippen molar-refractivity contribution in [3.05, 3.63) is 65.2 Å². The Bertz CT molecular complexity index is 930. The van der Waals surface area contributed by atoms with Crippen LogP contribution in [-0.4, -0.2) is 47.9 Å². The molecular weight excluding hydrogens is 393 g/mol. The molecule has 158 valence electrons. The van der Waals surface area contributed by atoms with E-state index in [0.29, 0.717) is 49.5 Å². The Morgan fingerprint density at radius 3 is 2.50 bits per heavy atom. The van der Waals surface area contributed by atoms with E-state index in [9.17, 15) is 18.0 Å². The quantitative estimate of drug-likeness (QED) is 0.807. The first kappa shape index (κ1) is 21.8. The molecular formula is C22H23F3N4O. The molecule has 2 aromatic carbocycles. The van der Waals surface area contributed by atoms with Gasteiger partial charge in [0.1, 0.15) is 0 Å². The number of anilines is 1. The van der Waals surface area contributed by atoms with Crippen LogP contribution in [0.4, 0.5) is 18.9 Å². The van der Waals surface area contributed by atoms with Crippen LogP contribution in [0.25, 0.3) is 0 Å². The van der Waals surface area contributed by atoms with Gasteiger partial charge in [0.2, 0.25) is 5.91 Å². The topological polar surface area (TPSA) is 59.4 Å². The molecule has 1 saturated heterocycles. The fraction of sp³-hybridized carbons (Fsp3) is 0.364. The first-order valence-corrected chi connectivity index (χ1v) is 9.70.